The van der Waals surface area contributed by atoms with Crippen LogP contribution in [-0.2, 0) is 0 Å². The third kappa shape index (κ3) is 1.81. The first-order valence-corrected chi connectivity index (χ1v) is 9.56. The van der Waals surface area contributed by atoms with E-state index in [0.29, 0.717) is 0 Å². The van der Waals surface area contributed by atoms with Gasteiger partial charge in [-0.3, -0.25) is 0 Å². The van der Waals surface area contributed by atoms with E-state index in [9.17, 15) is 0 Å². The smallest absolute Gasteiger partial charge is 0.00687 e. The average molecular weight is 254 g/mol. The molecular weight excluding hydrogens is 223 g/mol. The Bertz CT molecular complexity index is 249. The molecule has 2 saturated heterocycles. The fourth-order valence-electron chi connectivity index (χ4n) is 5.29. The zero-order valence-corrected chi connectivity index (χ0v) is 13.4. The molecule has 1 heteroatoms. The van der Waals surface area contributed by atoms with Crippen LogP contribution in [0.5, 0.6) is 0 Å². The highest BCUT2D eigenvalue weighted by molar-refractivity contribution is 7.60. The van der Waals surface area contributed by atoms with Crippen molar-refractivity contribution >= 4 is 7.92 Å². The first-order chi connectivity index (χ1) is 8.03. The summed E-state index contributed by atoms with van der Waals surface area (Å²) in [6.45, 7) is 12.7. The molecule has 0 aliphatic carbocycles. The molecule has 100 valence electrons. The van der Waals surface area contributed by atoms with Crippen LogP contribution in [0.25, 0.3) is 0 Å². The molecule has 4 unspecified atom stereocenters. The summed E-state index contributed by atoms with van der Waals surface area (Å²) in [6, 6.07) is 0. The Kier molecular flexibility index (Phi) is 3.94. The Balaban J connectivity index is 2.45. The lowest BCUT2D eigenvalue weighted by atomic mass is 9.76. The van der Waals surface area contributed by atoms with Crippen LogP contribution in [0.1, 0.15) is 72.6 Å². The normalized spacial score (nSPS) is 51.0. The van der Waals surface area contributed by atoms with Crippen LogP contribution < -0.4 is 0 Å². The summed E-state index contributed by atoms with van der Waals surface area (Å²) in [5, 5.41) is 1.46. The van der Waals surface area contributed by atoms with Crippen LogP contribution in [0.3, 0.4) is 0 Å². The summed E-state index contributed by atoms with van der Waals surface area (Å²) in [5.41, 5.74) is 0. The summed E-state index contributed by atoms with van der Waals surface area (Å²) < 4.78 is 0. The maximum absolute atomic E-state index is 2.67. The van der Waals surface area contributed by atoms with Crippen LogP contribution in [-0.4, -0.2) is 17.0 Å². The Morgan fingerprint density at radius 2 is 1.35 bits per heavy atom. The van der Waals surface area contributed by atoms with Gasteiger partial charge in [0.15, 0.2) is 0 Å². The van der Waals surface area contributed by atoms with Crippen molar-refractivity contribution in [1.29, 1.82) is 0 Å². The van der Waals surface area contributed by atoms with Crippen molar-refractivity contribution in [2.45, 2.75) is 83.0 Å². The SMILES string of the molecule is CCC12CCCCC(CC)(C(C)CC1C)P2C. The Labute approximate surface area is 110 Å². The van der Waals surface area contributed by atoms with Crippen molar-refractivity contribution in [3.05, 3.63) is 0 Å². The van der Waals surface area contributed by atoms with E-state index in [2.05, 4.69) is 34.4 Å². The average Bonchev–Trinajstić information content (AvgIpc) is 2.43. The second-order valence-corrected chi connectivity index (χ2v) is 9.62. The summed E-state index contributed by atoms with van der Waals surface area (Å²) in [7, 11) is 0.196. The van der Waals surface area contributed by atoms with Gasteiger partial charge in [0.2, 0.25) is 0 Å². The molecule has 0 amide bonds. The molecule has 2 heterocycles. The third-order valence-electron chi connectivity index (χ3n) is 6.57. The number of rotatable bonds is 2. The minimum absolute atomic E-state index is 0.196. The van der Waals surface area contributed by atoms with Gasteiger partial charge in [0.25, 0.3) is 0 Å². The largest absolute Gasteiger partial charge is 0.0966 e. The number of hydrogen-bond donors (Lipinski definition) is 0. The predicted molar refractivity (Wildman–Crippen MR) is 80.3 cm³/mol. The van der Waals surface area contributed by atoms with E-state index < -0.39 is 0 Å². The molecule has 2 rings (SSSR count). The lowest BCUT2D eigenvalue weighted by Gasteiger charge is -2.59. The van der Waals surface area contributed by atoms with E-state index in [0.717, 1.165) is 22.1 Å². The first kappa shape index (κ1) is 13.9. The van der Waals surface area contributed by atoms with Crippen LogP contribution in [0.15, 0.2) is 0 Å². The molecule has 0 spiro atoms. The molecule has 0 aromatic carbocycles. The van der Waals surface area contributed by atoms with Crippen molar-refractivity contribution < 1.29 is 0 Å². The fraction of sp³-hybridized carbons (Fsp3) is 1.00. The zero-order chi connectivity index (χ0) is 12.7. The maximum Gasteiger partial charge on any atom is -0.00687 e. The summed E-state index contributed by atoms with van der Waals surface area (Å²) in [4.78, 5) is 0. The number of hydrogen-bond acceptors (Lipinski definition) is 0. The second-order valence-electron chi connectivity index (χ2n) is 6.72. The van der Waals surface area contributed by atoms with E-state index in [1.54, 1.807) is 0 Å². The fourth-order valence-corrected chi connectivity index (χ4v) is 9.64. The number of fused-ring (bicyclic) bond motifs is 2. The molecule has 0 saturated carbocycles. The van der Waals surface area contributed by atoms with Gasteiger partial charge in [-0.2, -0.15) is 0 Å². The Morgan fingerprint density at radius 1 is 0.941 bits per heavy atom. The van der Waals surface area contributed by atoms with E-state index in [1.807, 2.05) is 0 Å². The zero-order valence-electron chi connectivity index (χ0n) is 12.6. The molecule has 2 bridgehead atoms. The highest BCUT2D eigenvalue weighted by Gasteiger charge is 2.55. The van der Waals surface area contributed by atoms with Gasteiger partial charge in [-0.05, 0) is 60.9 Å². The summed E-state index contributed by atoms with van der Waals surface area (Å²) in [5.74, 6) is 1.94. The predicted octanol–water partition coefficient (Wildman–Crippen LogP) is 5.65. The topological polar surface area (TPSA) is 0 Å². The molecule has 2 aliphatic heterocycles. The molecular formula is C16H31P. The van der Waals surface area contributed by atoms with Crippen molar-refractivity contribution in [2.24, 2.45) is 11.8 Å². The standard InChI is InChI=1S/C16H31P/c1-6-15-10-8-9-11-16(7-2,17(15)5)14(4)12-13(15)3/h13-14H,6-12H2,1-5H3. The van der Waals surface area contributed by atoms with Gasteiger partial charge >= 0.3 is 0 Å². The summed E-state index contributed by atoms with van der Waals surface area (Å²) in [6.07, 6.45) is 10.4. The van der Waals surface area contributed by atoms with E-state index in [4.69, 9.17) is 0 Å². The summed E-state index contributed by atoms with van der Waals surface area (Å²) >= 11 is 0. The van der Waals surface area contributed by atoms with Crippen LogP contribution in [0.2, 0.25) is 0 Å². The van der Waals surface area contributed by atoms with Crippen LogP contribution in [0.4, 0.5) is 0 Å². The molecule has 2 fully saturated rings. The van der Waals surface area contributed by atoms with Crippen LogP contribution >= 0.6 is 7.92 Å². The molecule has 0 N–H and O–H groups in total. The van der Waals surface area contributed by atoms with Gasteiger partial charge in [-0.15, -0.1) is 0 Å². The van der Waals surface area contributed by atoms with Crippen molar-refractivity contribution in [2.75, 3.05) is 6.66 Å². The van der Waals surface area contributed by atoms with Gasteiger partial charge in [0.1, 0.15) is 0 Å². The molecule has 17 heavy (non-hydrogen) atoms. The minimum Gasteiger partial charge on any atom is -0.0966 e. The molecule has 4 atom stereocenters. The first-order valence-electron chi connectivity index (χ1n) is 7.77. The lowest BCUT2D eigenvalue weighted by molar-refractivity contribution is 0.231. The Morgan fingerprint density at radius 3 is 1.71 bits per heavy atom. The van der Waals surface area contributed by atoms with Crippen molar-refractivity contribution in [3.8, 4) is 0 Å². The van der Waals surface area contributed by atoms with E-state index in [-0.39, 0.29) is 7.92 Å². The van der Waals surface area contributed by atoms with E-state index in [1.165, 1.54) is 44.9 Å². The molecule has 0 nitrogen and oxygen atoms in total. The van der Waals surface area contributed by atoms with Gasteiger partial charge < -0.3 is 0 Å². The molecule has 0 aromatic heterocycles. The lowest BCUT2D eigenvalue weighted by Crippen LogP contribution is -2.49. The van der Waals surface area contributed by atoms with Crippen LogP contribution in [0, 0.1) is 11.8 Å². The monoisotopic (exact) mass is 254 g/mol. The van der Waals surface area contributed by atoms with Gasteiger partial charge in [0, 0.05) is 0 Å². The minimum atomic E-state index is 0.196. The van der Waals surface area contributed by atoms with Gasteiger partial charge in [-0.25, -0.2) is 0 Å². The van der Waals surface area contributed by atoms with E-state index >= 15 is 0 Å². The Hall–Kier alpha value is 0.430. The third-order valence-corrected chi connectivity index (χ3v) is 11.2. The quantitative estimate of drug-likeness (QED) is 0.559. The molecule has 0 radical (unpaired) electrons. The second kappa shape index (κ2) is 4.84. The van der Waals surface area contributed by atoms with Crippen molar-refractivity contribution in [3.63, 3.8) is 0 Å². The van der Waals surface area contributed by atoms with Gasteiger partial charge in [0.05, 0.1) is 0 Å². The van der Waals surface area contributed by atoms with Gasteiger partial charge in [-0.1, -0.05) is 48.5 Å². The molecule has 2 aliphatic rings. The molecule has 0 aromatic rings. The van der Waals surface area contributed by atoms with Crippen molar-refractivity contribution in [1.82, 2.24) is 0 Å². The maximum atomic E-state index is 2.67. The highest BCUT2D eigenvalue weighted by atomic mass is 31.1. The highest BCUT2D eigenvalue weighted by Crippen LogP contribution is 2.73.